The fraction of sp³-hybridized carbons (Fsp3) is 0.682. The van der Waals surface area contributed by atoms with Gasteiger partial charge in [-0.1, -0.05) is 12.1 Å². The van der Waals surface area contributed by atoms with Crippen molar-refractivity contribution in [3.05, 3.63) is 23.8 Å². The van der Waals surface area contributed by atoms with Crippen LogP contribution in [0.4, 0.5) is 4.79 Å². The number of rotatable bonds is 0. The standard InChI is InChI=1S/C22H31NO5/c1-20(2,3)28-19(25)23-11-7-10-22(23)12-15-17(26-13-22)14-8-6-9-16(24)18(14)27-21(15,4)5/h6,8-9,15,17,24H,7,10-13H2,1-5H3/t15-,17+,22+/m1/s1. The maximum absolute atomic E-state index is 12.9. The Labute approximate surface area is 166 Å². The van der Waals surface area contributed by atoms with Crippen LogP contribution < -0.4 is 4.74 Å². The Kier molecular flexibility index (Phi) is 4.34. The number of hydrogen-bond acceptors (Lipinski definition) is 5. The van der Waals surface area contributed by atoms with Crippen LogP contribution in [-0.4, -0.2) is 46.0 Å². The van der Waals surface area contributed by atoms with Crippen molar-refractivity contribution in [2.24, 2.45) is 5.92 Å². The van der Waals surface area contributed by atoms with Crippen LogP contribution in [0.2, 0.25) is 0 Å². The molecule has 3 heterocycles. The highest BCUT2D eigenvalue weighted by atomic mass is 16.6. The Bertz CT molecular complexity index is 784. The van der Waals surface area contributed by atoms with Crippen molar-refractivity contribution in [2.75, 3.05) is 13.2 Å². The van der Waals surface area contributed by atoms with Gasteiger partial charge in [0.05, 0.1) is 18.2 Å². The molecule has 0 aliphatic carbocycles. The van der Waals surface area contributed by atoms with Crippen LogP contribution in [0.3, 0.4) is 0 Å². The zero-order valence-corrected chi connectivity index (χ0v) is 17.4. The molecule has 1 aromatic rings. The first-order chi connectivity index (χ1) is 13.0. The van der Waals surface area contributed by atoms with E-state index in [1.807, 2.05) is 51.7 Å². The molecule has 3 atom stereocenters. The van der Waals surface area contributed by atoms with Crippen molar-refractivity contribution < 1.29 is 24.1 Å². The van der Waals surface area contributed by atoms with Gasteiger partial charge in [0.1, 0.15) is 11.2 Å². The average molecular weight is 389 g/mol. The van der Waals surface area contributed by atoms with Crippen LogP contribution in [0.5, 0.6) is 11.5 Å². The molecule has 1 spiro atoms. The van der Waals surface area contributed by atoms with Crippen LogP contribution in [0, 0.1) is 5.92 Å². The number of amides is 1. The summed E-state index contributed by atoms with van der Waals surface area (Å²) in [5, 5.41) is 10.3. The van der Waals surface area contributed by atoms with Gasteiger partial charge in [0.25, 0.3) is 0 Å². The van der Waals surface area contributed by atoms with Gasteiger partial charge in [0.2, 0.25) is 0 Å². The van der Waals surface area contributed by atoms with Crippen molar-refractivity contribution in [3.63, 3.8) is 0 Å². The highest BCUT2D eigenvalue weighted by molar-refractivity contribution is 5.70. The number of ether oxygens (including phenoxy) is 3. The smallest absolute Gasteiger partial charge is 0.410 e. The molecule has 0 saturated carbocycles. The molecular weight excluding hydrogens is 358 g/mol. The van der Waals surface area contributed by atoms with Gasteiger partial charge < -0.3 is 24.2 Å². The maximum atomic E-state index is 12.9. The summed E-state index contributed by atoms with van der Waals surface area (Å²) in [5.74, 6) is 0.725. The summed E-state index contributed by atoms with van der Waals surface area (Å²) in [7, 11) is 0. The first kappa shape index (κ1) is 19.4. The molecule has 2 saturated heterocycles. The minimum absolute atomic E-state index is 0.0681. The van der Waals surface area contributed by atoms with E-state index in [1.54, 1.807) is 6.07 Å². The van der Waals surface area contributed by atoms with E-state index in [0.717, 1.165) is 24.8 Å². The van der Waals surface area contributed by atoms with Crippen molar-refractivity contribution in [1.82, 2.24) is 4.90 Å². The molecule has 2 fully saturated rings. The lowest BCUT2D eigenvalue weighted by Gasteiger charge is -2.53. The Balaban J connectivity index is 1.64. The van der Waals surface area contributed by atoms with Gasteiger partial charge in [-0.15, -0.1) is 0 Å². The number of benzene rings is 1. The van der Waals surface area contributed by atoms with Gasteiger partial charge in [0, 0.05) is 18.0 Å². The number of likely N-dealkylation sites (tertiary alicyclic amines) is 1. The predicted molar refractivity (Wildman–Crippen MR) is 105 cm³/mol. The van der Waals surface area contributed by atoms with Crippen LogP contribution in [0.25, 0.3) is 0 Å². The van der Waals surface area contributed by atoms with E-state index in [4.69, 9.17) is 14.2 Å². The van der Waals surface area contributed by atoms with Crippen LogP contribution in [0.15, 0.2) is 18.2 Å². The van der Waals surface area contributed by atoms with Gasteiger partial charge in [-0.05, 0) is 59.9 Å². The van der Waals surface area contributed by atoms with Crippen LogP contribution >= 0.6 is 0 Å². The number of carbonyl (C=O) groups is 1. The average Bonchev–Trinajstić information content (AvgIpc) is 2.98. The fourth-order valence-corrected chi connectivity index (χ4v) is 4.97. The lowest BCUT2D eigenvalue weighted by atomic mass is 9.70. The molecule has 4 rings (SSSR count). The molecule has 0 unspecified atom stereocenters. The van der Waals surface area contributed by atoms with Crippen LogP contribution in [-0.2, 0) is 9.47 Å². The van der Waals surface area contributed by atoms with E-state index in [1.165, 1.54) is 0 Å². The summed E-state index contributed by atoms with van der Waals surface area (Å²) in [5.41, 5.74) is -0.520. The second-order valence-corrected chi connectivity index (χ2v) is 9.90. The Morgan fingerprint density at radius 2 is 2.07 bits per heavy atom. The number of para-hydroxylation sites is 1. The molecule has 1 amide bonds. The van der Waals surface area contributed by atoms with Crippen molar-refractivity contribution >= 4 is 6.09 Å². The third-order valence-corrected chi connectivity index (χ3v) is 6.30. The monoisotopic (exact) mass is 389 g/mol. The van der Waals surface area contributed by atoms with Gasteiger partial charge in [0.15, 0.2) is 11.5 Å². The lowest BCUT2D eigenvalue weighted by molar-refractivity contribution is -0.164. The highest BCUT2D eigenvalue weighted by Gasteiger charge is 2.57. The minimum Gasteiger partial charge on any atom is -0.504 e. The second-order valence-electron chi connectivity index (χ2n) is 9.90. The Morgan fingerprint density at radius 3 is 2.79 bits per heavy atom. The molecule has 3 aliphatic rings. The zero-order chi connectivity index (χ0) is 20.3. The molecule has 1 aromatic carbocycles. The largest absolute Gasteiger partial charge is 0.504 e. The number of fused-ring (bicyclic) bond motifs is 3. The first-order valence-electron chi connectivity index (χ1n) is 10.2. The molecule has 0 bridgehead atoms. The van der Waals surface area contributed by atoms with Gasteiger partial charge in [-0.2, -0.15) is 0 Å². The van der Waals surface area contributed by atoms with Crippen molar-refractivity contribution in [1.29, 1.82) is 0 Å². The zero-order valence-electron chi connectivity index (χ0n) is 17.4. The van der Waals surface area contributed by atoms with Gasteiger partial charge in [-0.3, -0.25) is 0 Å². The summed E-state index contributed by atoms with van der Waals surface area (Å²) in [6.07, 6.45) is 2.22. The second kappa shape index (κ2) is 6.28. The third kappa shape index (κ3) is 3.11. The molecule has 154 valence electrons. The summed E-state index contributed by atoms with van der Waals surface area (Å²) in [6, 6.07) is 5.42. The number of phenolic OH excluding ortho intramolecular Hbond substituents is 1. The van der Waals surface area contributed by atoms with E-state index in [-0.39, 0.29) is 29.4 Å². The van der Waals surface area contributed by atoms with E-state index in [9.17, 15) is 9.90 Å². The third-order valence-electron chi connectivity index (χ3n) is 6.30. The van der Waals surface area contributed by atoms with Gasteiger partial charge >= 0.3 is 6.09 Å². The number of aromatic hydroxyl groups is 1. The Hall–Kier alpha value is -1.95. The van der Waals surface area contributed by atoms with E-state index in [2.05, 4.69) is 0 Å². The molecule has 28 heavy (non-hydrogen) atoms. The van der Waals surface area contributed by atoms with E-state index < -0.39 is 11.2 Å². The van der Waals surface area contributed by atoms with Crippen molar-refractivity contribution in [3.8, 4) is 11.5 Å². The molecule has 6 nitrogen and oxygen atoms in total. The molecule has 3 aliphatic heterocycles. The molecule has 0 radical (unpaired) electrons. The number of hydrogen-bond donors (Lipinski definition) is 1. The topological polar surface area (TPSA) is 68.2 Å². The predicted octanol–water partition coefficient (Wildman–Crippen LogP) is 4.41. The quantitative estimate of drug-likeness (QED) is 0.712. The first-order valence-corrected chi connectivity index (χ1v) is 10.2. The molecule has 6 heteroatoms. The summed E-state index contributed by atoms with van der Waals surface area (Å²) >= 11 is 0. The number of nitrogens with zero attached hydrogens (tertiary/aromatic N) is 1. The number of phenols is 1. The maximum Gasteiger partial charge on any atom is 0.410 e. The van der Waals surface area contributed by atoms with E-state index >= 15 is 0 Å². The summed E-state index contributed by atoms with van der Waals surface area (Å²) < 4.78 is 18.3. The normalized spacial score (nSPS) is 31.1. The van der Waals surface area contributed by atoms with E-state index in [0.29, 0.717) is 18.9 Å². The Morgan fingerprint density at radius 1 is 1.32 bits per heavy atom. The lowest BCUT2D eigenvalue weighted by Crippen LogP contribution is -2.60. The summed E-state index contributed by atoms with van der Waals surface area (Å²) in [4.78, 5) is 14.8. The molecular formula is C22H31NO5. The van der Waals surface area contributed by atoms with Crippen LogP contribution in [0.1, 0.15) is 65.5 Å². The summed E-state index contributed by atoms with van der Waals surface area (Å²) in [6.45, 7) is 10.9. The van der Waals surface area contributed by atoms with Crippen molar-refractivity contribution in [2.45, 2.75) is 76.7 Å². The number of carbonyl (C=O) groups excluding carboxylic acids is 1. The SMILES string of the molecule is CC(C)(C)OC(=O)N1CCC[C@]12CO[C@H]1c3cccc(O)c3OC(C)(C)[C@@H]1C2. The highest BCUT2D eigenvalue weighted by Crippen LogP contribution is 2.55. The fourth-order valence-electron chi connectivity index (χ4n) is 4.97. The molecule has 1 N–H and O–H groups in total. The minimum atomic E-state index is -0.525. The van der Waals surface area contributed by atoms with Gasteiger partial charge in [-0.25, -0.2) is 4.79 Å². The molecule has 0 aromatic heterocycles.